The fourth-order valence-electron chi connectivity index (χ4n) is 2.38. The summed E-state index contributed by atoms with van der Waals surface area (Å²) in [6.07, 6.45) is 0.339. The number of aliphatic hydroxyl groups is 1. The standard InChI is InChI=1S/C17H17NO3/c1-11(19)12-2-5-15(6-3-12)18-17(20)14-4-7-16-13(10-14)8-9-21-16/h2-7,10-11,19H,8-9H2,1H3,(H,18,20). The number of hydrogen-bond acceptors (Lipinski definition) is 3. The molecule has 0 bridgehead atoms. The molecule has 2 aromatic carbocycles. The van der Waals surface area contributed by atoms with Crippen molar-refractivity contribution in [3.63, 3.8) is 0 Å². The van der Waals surface area contributed by atoms with Crippen molar-refractivity contribution in [1.82, 2.24) is 0 Å². The maximum absolute atomic E-state index is 12.2. The second kappa shape index (κ2) is 5.58. The highest BCUT2D eigenvalue weighted by Crippen LogP contribution is 2.26. The minimum Gasteiger partial charge on any atom is -0.493 e. The zero-order valence-electron chi connectivity index (χ0n) is 11.8. The smallest absolute Gasteiger partial charge is 0.255 e. The van der Waals surface area contributed by atoms with E-state index in [0.717, 1.165) is 23.3 Å². The number of fused-ring (bicyclic) bond motifs is 1. The second-order valence-corrected chi connectivity index (χ2v) is 5.17. The number of hydrogen-bond donors (Lipinski definition) is 2. The lowest BCUT2D eigenvalue weighted by Crippen LogP contribution is -2.12. The van der Waals surface area contributed by atoms with Crippen LogP contribution in [0.25, 0.3) is 0 Å². The topological polar surface area (TPSA) is 58.6 Å². The van der Waals surface area contributed by atoms with Gasteiger partial charge in [0.2, 0.25) is 0 Å². The molecule has 2 aromatic rings. The summed E-state index contributed by atoms with van der Waals surface area (Å²) in [5.74, 6) is 0.724. The molecule has 4 nitrogen and oxygen atoms in total. The quantitative estimate of drug-likeness (QED) is 0.910. The molecule has 4 heteroatoms. The molecule has 1 aliphatic heterocycles. The Balaban J connectivity index is 1.74. The molecule has 1 heterocycles. The monoisotopic (exact) mass is 283 g/mol. The van der Waals surface area contributed by atoms with Crippen LogP contribution in [0.2, 0.25) is 0 Å². The summed E-state index contributed by atoms with van der Waals surface area (Å²) in [7, 11) is 0. The van der Waals surface area contributed by atoms with Crippen molar-refractivity contribution in [1.29, 1.82) is 0 Å². The third-order valence-corrected chi connectivity index (χ3v) is 3.60. The maximum Gasteiger partial charge on any atom is 0.255 e. The summed E-state index contributed by atoms with van der Waals surface area (Å²) in [6, 6.07) is 12.7. The van der Waals surface area contributed by atoms with Crippen molar-refractivity contribution in [3.8, 4) is 5.75 Å². The predicted octanol–water partition coefficient (Wildman–Crippen LogP) is 2.93. The molecule has 1 atom stereocenters. The Hall–Kier alpha value is -2.33. The van der Waals surface area contributed by atoms with Crippen LogP contribution in [0.4, 0.5) is 5.69 Å². The molecule has 0 radical (unpaired) electrons. The highest BCUT2D eigenvalue weighted by atomic mass is 16.5. The third kappa shape index (κ3) is 2.90. The minimum absolute atomic E-state index is 0.144. The van der Waals surface area contributed by atoms with E-state index in [-0.39, 0.29) is 5.91 Å². The van der Waals surface area contributed by atoms with Crippen LogP contribution >= 0.6 is 0 Å². The van der Waals surface area contributed by atoms with Crippen molar-refractivity contribution in [2.24, 2.45) is 0 Å². The number of carbonyl (C=O) groups is 1. The van der Waals surface area contributed by atoms with Crippen LogP contribution < -0.4 is 10.1 Å². The highest BCUT2D eigenvalue weighted by Gasteiger charge is 2.15. The van der Waals surface area contributed by atoms with E-state index in [1.54, 1.807) is 37.3 Å². The molecule has 0 fully saturated rings. The van der Waals surface area contributed by atoms with E-state index in [2.05, 4.69) is 5.32 Å². The fourth-order valence-corrected chi connectivity index (χ4v) is 2.38. The highest BCUT2D eigenvalue weighted by molar-refractivity contribution is 6.04. The summed E-state index contributed by atoms with van der Waals surface area (Å²) in [6.45, 7) is 2.39. The maximum atomic E-state index is 12.2. The predicted molar refractivity (Wildman–Crippen MR) is 80.7 cm³/mol. The molecule has 0 spiro atoms. The van der Waals surface area contributed by atoms with Gasteiger partial charge in [0.05, 0.1) is 12.7 Å². The lowest BCUT2D eigenvalue weighted by Gasteiger charge is -2.09. The largest absolute Gasteiger partial charge is 0.493 e. The average Bonchev–Trinajstić information content (AvgIpc) is 2.95. The summed E-state index contributed by atoms with van der Waals surface area (Å²) in [5.41, 5.74) is 3.23. The SMILES string of the molecule is CC(O)c1ccc(NC(=O)c2ccc3c(c2)CCO3)cc1. The van der Waals surface area contributed by atoms with Crippen molar-refractivity contribution in [2.45, 2.75) is 19.4 Å². The number of rotatable bonds is 3. The Morgan fingerprint density at radius 2 is 2.00 bits per heavy atom. The molecule has 21 heavy (non-hydrogen) atoms. The summed E-state index contributed by atoms with van der Waals surface area (Å²) in [4.78, 5) is 12.2. The molecule has 0 aromatic heterocycles. The Morgan fingerprint density at radius 1 is 1.24 bits per heavy atom. The van der Waals surface area contributed by atoms with Crippen molar-refractivity contribution < 1.29 is 14.6 Å². The van der Waals surface area contributed by atoms with Crippen LogP contribution in [0.3, 0.4) is 0 Å². The van der Waals surface area contributed by atoms with Gasteiger partial charge in [-0.05, 0) is 48.4 Å². The van der Waals surface area contributed by atoms with Gasteiger partial charge < -0.3 is 15.2 Å². The molecule has 108 valence electrons. The fraction of sp³-hybridized carbons (Fsp3) is 0.235. The van der Waals surface area contributed by atoms with Crippen LogP contribution in [0.15, 0.2) is 42.5 Å². The summed E-state index contributed by atoms with van der Waals surface area (Å²) in [5, 5.41) is 12.3. The van der Waals surface area contributed by atoms with Crippen molar-refractivity contribution in [3.05, 3.63) is 59.2 Å². The van der Waals surface area contributed by atoms with Crippen LogP contribution in [0, 0.1) is 0 Å². The minimum atomic E-state index is -0.508. The van der Waals surface area contributed by atoms with Crippen molar-refractivity contribution >= 4 is 11.6 Å². The number of anilines is 1. The van der Waals surface area contributed by atoms with E-state index in [1.807, 2.05) is 12.1 Å². The van der Waals surface area contributed by atoms with E-state index < -0.39 is 6.10 Å². The third-order valence-electron chi connectivity index (χ3n) is 3.60. The van der Waals surface area contributed by atoms with Crippen LogP contribution in [0.1, 0.15) is 34.5 Å². The van der Waals surface area contributed by atoms with Gasteiger partial charge in [-0.15, -0.1) is 0 Å². The lowest BCUT2D eigenvalue weighted by molar-refractivity contribution is 0.102. The number of benzene rings is 2. The van der Waals surface area contributed by atoms with Gasteiger partial charge in [-0.1, -0.05) is 12.1 Å². The molecule has 0 aliphatic carbocycles. The first-order chi connectivity index (χ1) is 10.1. The lowest BCUT2D eigenvalue weighted by atomic mass is 10.1. The first-order valence-electron chi connectivity index (χ1n) is 6.98. The van der Waals surface area contributed by atoms with Gasteiger partial charge in [0.1, 0.15) is 5.75 Å². The van der Waals surface area contributed by atoms with Crippen molar-refractivity contribution in [2.75, 3.05) is 11.9 Å². The van der Waals surface area contributed by atoms with E-state index in [9.17, 15) is 9.90 Å². The van der Waals surface area contributed by atoms with Crippen LogP contribution in [-0.2, 0) is 6.42 Å². The second-order valence-electron chi connectivity index (χ2n) is 5.17. The Morgan fingerprint density at radius 3 is 2.71 bits per heavy atom. The molecule has 1 amide bonds. The average molecular weight is 283 g/mol. The summed E-state index contributed by atoms with van der Waals surface area (Å²) < 4.78 is 5.43. The van der Waals surface area contributed by atoms with E-state index in [4.69, 9.17) is 4.74 Å². The molecule has 0 saturated heterocycles. The molecular weight excluding hydrogens is 266 g/mol. The van der Waals surface area contributed by atoms with Gasteiger partial charge in [-0.2, -0.15) is 0 Å². The molecular formula is C17H17NO3. The number of carbonyl (C=O) groups excluding carboxylic acids is 1. The van der Waals surface area contributed by atoms with E-state index in [0.29, 0.717) is 17.9 Å². The zero-order chi connectivity index (χ0) is 14.8. The molecule has 2 N–H and O–H groups in total. The van der Waals surface area contributed by atoms with Gasteiger partial charge in [0, 0.05) is 17.7 Å². The molecule has 0 saturated carbocycles. The molecule has 3 rings (SSSR count). The van der Waals surface area contributed by atoms with E-state index >= 15 is 0 Å². The number of ether oxygens (including phenoxy) is 1. The number of aliphatic hydroxyl groups excluding tert-OH is 1. The first-order valence-corrected chi connectivity index (χ1v) is 6.98. The number of amides is 1. The zero-order valence-corrected chi connectivity index (χ0v) is 11.8. The Bertz CT molecular complexity index is 662. The van der Waals surface area contributed by atoms with Gasteiger partial charge in [0.25, 0.3) is 5.91 Å². The van der Waals surface area contributed by atoms with Gasteiger partial charge >= 0.3 is 0 Å². The van der Waals surface area contributed by atoms with Gasteiger partial charge in [-0.3, -0.25) is 4.79 Å². The van der Waals surface area contributed by atoms with E-state index in [1.165, 1.54) is 0 Å². The number of nitrogens with one attached hydrogen (secondary N) is 1. The van der Waals surface area contributed by atoms with Gasteiger partial charge in [-0.25, -0.2) is 0 Å². The van der Waals surface area contributed by atoms with Crippen LogP contribution in [0.5, 0.6) is 5.75 Å². The molecule has 1 aliphatic rings. The Kier molecular flexibility index (Phi) is 3.62. The first kappa shape index (κ1) is 13.6. The van der Waals surface area contributed by atoms with Crippen LogP contribution in [-0.4, -0.2) is 17.6 Å². The normalized spacial score (nSPS) is 14.2. The Labute approximate surface area is 123 Å². The summed E-state index contributed by atoms with van der Waals surface area (Å²) >= 11 is 0. The molecule has 1 unspecified atom stereocenters. The van der Waals surface area contributed by atoms with Gasteiger partial charge in [0.15, 0.2) is 0 Å².